The first-order chi connectivity index (χ1) is 29.3. The van der Waals surface area contributed by atoms with Crippen molar-refractivity contribution in [1.82, 2.24) is 0 Å². The Bertz CT molecular complexity index is 3340. The van der Waals surface area contributed by atoms with Crippen LogP contribution in [-0.4, -0.2) is 0 Å². The summed E-state index contributed by atoms with van der Waals surface area (Å²) in [6.07, 6.45) is 0. The highest BCUT2D eigenvalue weighted by molar-refractivity contribution is 7.27. The van der Waals surface area contributed by atoms with Gasteiger partial charge < -0.3 is 4.90 Å². The van der Waals surface area contributed by atoms with E-state index in [9.17, 15) is 0 Å². The summed E-state index contributed by atoms with van der Waals surface area (Å²) in [4.78, 5) is 2.49. The molecule has 0 N–H and O–H groups in total. The van der Waals surface area contributed by atoms with E-state index in [1.807, 2.05) is 11.3 Å². The van der Waals surface area contributed by atoms with Crippen molar-refractivity contribution in [2.24, 2.45) is 0 Å². The van der Waals surface area contributed by atoms with Gasteiger partial charge in [-0.1, -0.05) is 188 Å². The van der Waals surface area contributed by atoms with Crippen molar-refractivity contribution in [3.8, 4) is 22.3 Å². The number of fused-ring (bicyclic) bond motifs is 9. The monoisotopic (exact) mass is 767 g/mol. The fourth-order valence-corrected chi connectivity index (χ4v) is 11.2. The number of nitrogens with zero attached hydrogens (tertiary/aromatic N) is 1. The van der Waals surface area contributed by atoms with Crippen LogP contribution in [0.1, 0.15) is 22.3 Å². The Morgan fingerprint density at radius 3 is 1.73 bits per heavy atom. The fourth-order valence-electron chi connectivity index (χ4n) is 9.86. The van der Waals surface area contributed by atoms with Gasteiger partial charge in [0.2, 0.25) is 0 Å². The minimum atomic E-state index is -0.501. The predicted octanol–water partition coefficient (Wildman–Crippen LogP) is 15.9. The summed E-state index contributed by atoms with van der Waals surface area (Å²) < 4.78 is 2.60. The van der Waals surface area contributed by atoms with E-state index in [0.717, 1.165) is 11.4 Å². The summed E-state index contributed by atoms with van der Waals surface area (Å²) in [5, 5.41) is 7.65. The van der Waals surface area contributed by atoms with Gasteiger partial charge in [0, 0.05) is 26.8 Å². The summed E-state index contributed by atoms with van der Waals surface area (Å²) >= 11 is 1.90. The lowest BCUT2D eigenvalue weighted by Crippen LogP contribution is -2.28. The molecule has 0 spiro atoms. The molecule has 12 rings (SSSR count). The average molecular weight is 768 g/mol. The third-order valence-electron chi connectivity index (χ3n) is 12.5. The molecule has 0 bridgehead atoms. The van der Waals surface area contributed by atoms with Crippen LogP contribution in [0.4, 0.5) is 17.1 Å². The van der Waals surface area contributed by atoms with Gasteiger partial charge >= 0.3 is 0 Å². The molecule has 0 fully saturated rings. The first-order valence-electron chi connectivity index (χ1n) is 20.3. The Morgan fingerprint density at radius 1 is 0.339 bits per heavy atom. The molecule has 1 aliphatic carbocycles. The molecule has 11 aromatic rings. The van der Waals surface area contributed by atoms with Gasteiger partial charge in [-0.2, -0.15) is 0 Å². The molecule has 0 saturated heterocycles. The van der Waals surface area contributed by atoms with Crippen molar-refractivity contribution in [1.29, 1.82) is 0 Å². The van der Waals surface area contributed by atoms with E-state index in [2.05, 4.69) is 229 Å². The minimum absolute atomic E-state index is 0.501. The molecule has 0 radical (unpaired) electrons. The Morgan fingerprint density at radius 2 is 0.932 bits per heavy atom. The number of benzene rings is 10. The van der Waals surface area contributed by atoms with Gasteiger partial charge in [0.1, 0.15) is 0 Å². The van der Waals surface area contributed by atoms with Crippen LogP contribution >= 0.6 is 11.3 Å². The molecule has 0 atom stereocenters. The molecule has 1 heterocycles. The number of rotatable bonds is 6. The highest BCUT2D eigenvalue weighted by Gasteiger charge is 2.46. The lowest BCUT2D eigenvalue weighted by molar-refractivity contribution is 0.768. The topological polar surface area (TPSA) is 3.24 Å². The number of thiophene rings is 1. The Hall–Kier alpha value is -7.26. The predicted molar refractivity (Wildman–Crippen MR) is 252 cm³/mol. The second kappa shape index (κ2) is 13.4. The highest BCUT2D eigenvalue weighted by Crippen LogP contribution is 2.57. The van der Waals surface area contributed by atoms with Gasteiger partial charge in [0.25, 0.3) is 0 Å². The smallest absolute Gasteiger partial charge is 0.0714 e. The van der Waals surface area contributed by atoms with Gasteiger partial charge in [-0.3, -0.25) is 0 Å². The largest absolute Gasteiger partial charge is 0.309 e. The van der Waals surface area contributed by atoms with Crippen molar-refractivity contribution >= 4 is 70.1 Å². The van der Waals surface area contributed by atoms with E-state index in [4.69, 9.17) is 0 Å². The van der Waals surface area contributed by atoms with E-state index in [-0.39, 0.29) is 0 Å². The normalized spacial score (nSPS) is 12.9. The molecular weight excluding hydrogens is 731 g/mol. The molecule has 0 unspecified atom stereocenters. The quantitative estimate of drug-likeness (QED) is 0.163. The maximum Gasteiger partial charge on any atom is 0.0714 e. The van der Waals surface area contributed by atoms with Crippen LogP contribution in [0, 0.1) is 0 Å². The molecule has 0 amide bonds. The fraction of sp³-hybridized carbons (Fsp3) is 0.0175. The summed E-state index contributed by atoms with van der Waals surface area (Å²) in [5.74, 6) is 0. The van der Waals surface area contributed by atoms with Crippen LogP contribution in [0.5, 0.6) is 0 Å². The second-order valence-electron chi connectivity index (χ2n) is 15.6. The zero-order valence-corrected chi connectivity index (χ0v) is 33.0. The summed E-state index contributed by atoms with van der Waals surface area (Å²) in [6.45, 7) is 0. The first kappa shape index (κ1) is 33.8. The van der Waals surface area contributed by atoms with Crippen molar-refractivity contribution < 1.29 is 0 Å². The second-order valence-corrected chi connectivity index (χ2v) is 16.6. The van der Waals surface area contributed by atoms with E-state index in [1.165, 1.54) is 91.9 Å². The SMILES string of the molecule is c1ccc(C2(c3ccccc3)c3ccccc3-c3ccc(N(c4ccc(-c5ccc6ccccc6c5)cc4)c4cccc5c4sc4c6ccccc6ccc54)cc32)cc1. The maximum absolute atomic E-state index is 2.49. The minimum Gasteiger partial charge on any atom is -0.309 e. The lowest BCUT2D eigenvalue weighted by Gasteiger charge is -2.35. The Balaban J connectivity index is 1.11. The molecule has 0 saturated carbocycles. The molecule has 59 heavy (non-hydrogen) atoms. The van der Waals surface area contributed by atoms with Crippen LogP contribution in [0.25, 0.3) is 64.0 Å². The van der Waals surface area contributed by atoms with Gasteiger partial charge in [0.15, 0.2) is 0 Å². The Labute approximate surface area is 347 Å². The van der Waals surface area contributed by atoms with Crippen LogP contribution in [0.15, 0.2) is 224 Å². The van der Waals surface area contributed by atoms with Crippen molar-refractivity contribution in [2.45, 2.75) is 5.41 Å². The van der Waals surface area contributed by atoms with Crippen LogP contribution in [0.3, 0.4) is 0 Å². The van der Waals surface area contributed by atoms with Gasteiger partial charge in [-0.15, -0.1) is 11.3 Å². The van der Waals surface area contributed by atoms with E-state index >= 15 is 0 Å². The molecule has 1 aliphatic rings. The van der Waals surface area contributed by atoms with E-state index in [1.54, 1.807) is 0 Å². The maximum atomic E-state index is 2.49. The molecule has 2 heteroatoms. The lowest BCUT2D eigenvalue weighted by atomic mass is 9.67. The molecule has 276 valence electrons. The molecule has 0 aliphatic heterocycles. The van der Waals surface area contributed by atoms with Gasteiger partial charge in [0.05, 0.1) is 15.8 Å². The van der Waals surface area contributed by atoms with Crippen molar-refractivity contribution in [3.63, 3.8) is 0 Å². The number of anilines is 3. The number of hydrogen-bond donors (Lipinski definition) is 0. The van der Waals surface area contributed by atoms with Crippen molar-refractivity contribution in [3.05, 3.63) is 247 Å². The molecule has 1 nitrogen and oxygen atoms in total. The Kier molecular flexibility index (Phi) is 7.69. The summed E-state index contributed by atoms with van der Waals surface area (Å²) in [7, 11) is 0. The first-order valence-corrected chi connectivity index (χ1v) is 21.2. The van der Waals surface area contributed by atoms with E-state index in [0.29, 0.717) is 0 Å². The summed E-state index contributed by atoms with van der Waals surface area (Å²) in [5.41, 5.74) is 13.0. The zero-order valence-electron chi connectivity index (χ0n) is 32.2. The average Bonchev–Trinajstić information content (AvgIpc) is 3.84. The van der Waals surface area contributed by atoms with Crippen LogP contribution < -0.4 is 4.90 Å². The molecular formula is C57H37NS. The third-order valence-corrected chi connectivity index (χ3v) is 13.8. The molecule has 1 aromatic heterocycles. The van der Waals surface area contributed by atoms with Gasteiger partial charge in [-0.05, 0) is 102 Å². The van der Waals surface area contributed by atoms with Crippen LogP contribution in [0.2, 0.25) is 0 Å². The third kappa shape index (κ3) is 5.17. The van der Waals surface area contributed by atoms with E-state index < -0.39 is 5.41 Å². The highest BCUT2D eigenvalue weighted by atomic mass is 32.1. The number of hydrogen-bond acceptors (Lipinski definition) is 2. The molecule has 10 aromatic carbocycles. The zero-order chi connectivity index (χ0) is 38.9. The van der Waals surface area contributed by atoms with Gasteiger partial charge in [-0.25, -0.2) is 0 Å². The van der Waals surface area contributed by atoms with Crippen molar-refractivity contribution in [2.75, 3.05) is 4.90 Å². The van der Waals surface area contributed by atoms with Crippen LogP contribution in [-0.2, 0) is 5.41 Å². The summed E-state index contributed by atoms with van der Waals surface area (Å²) in [6, 6.07) is 83.1. The standard InChI is InChI=1S/C57H37NS/c1-3-17-43(18-4-1)57(44-19-5-2-6-20-44)52-24-12-11-22-48(52)49-35-33-46(37-53(49)57)58(45-31-28-39(29-32-45)42-27-26-38-14-7-8-16-41(38)36-42)54-25-13-23-50-51-34-30-40-15-9-10-21-47(40)55(51)59-56(50)54/h1-37H.